The van der Waals surface area contributed by atoms with E-state index in [9.17, 15) is 0 Å². The third kappa shape index (κ3) is 3.35. The zero-order valence-corrected chi connectivity index (χ0v) is 12.0. The lowest BCUT2D eigenvalue weighted by atomic mass is 9.92. The number of rotatable bonds is 4. The monoisotopic (exact) mass is 249 g/mol. The molecule has 0 amide bonds. The lowest BCUT2D eigenvalue weighted by Crippen LogP contribution is -2.36. The van der Waals surface area contributed by atoms with Crippen molar-refractivity contribution < 1.29 is 0 Å². The van der Waals surface area contributed by atoms with Crippen LogP contribution in [0.4, 0.5) is 0 Å². The molecule has 1 saturated carbocycles. The van der Waals surface area contributed by atoms with Crippen LogP contribution in [-0.2, 0) is 7.05 Å². The highest BCUT2D eigenvalue weighted by Crippen LogP contribution is 2.26. The molecule has 3 heteroatoms. The number of aromatic nitrogens is 2. The Balaban J connectivity index is 1.90. The highest BCUT2D eigenvalue weighted by Gasteiger charge is 2.21. The molecule has 2 atom stereocenters. The molecule has 1 fully saturated rings. The minimum atomic E-state index is 0.336. The number of aryl methyl sites for hydroxylation is 1. The quantitative estimate of drug-likeness (QED) is 0.829. The molecule has 1 aliphatic rings. The molecule has 102 valence electrons. The van der Waals surface area contributed by atoms with Gasteiger partial charge in [0, 0.05) is 25.5 Å². The van der Waals surface area contributed by atoms with Crippen molar-refractivity contribution in [3.8, 4) is 0 Å². The van der Waals surface area contributed by atoms with E-state index in [2.05, 4.69) is 35.8 Å². The first-order valence-corrected chi connectivity index (χ1v) is 7.41. The maximum atomic E-state index is 4.43. The molecule has 0 radical (unpaired) electrons. The van der Waals surface area contributed by atoms with Crippen molar-refractivity contribution >= 4 is 0 Å². The number of nitrogens with one attached hydrogen (secondary N) is 1. The number of hydrogen-bond donors (Lipinski definition) is 1. The van der Waals surface area contributed by atoms with Gasteiger partial charge in [0.25, 0.3) is 0 Å². The normalized spacial score (nSPS) is 21.5. The van der Waals surface area contributed by atoms with E-state index in [-0.39, 0.29) is 0 Å². The molecular weight excluding hydrogens is 222 g/mol. The van der Waals surface area contributed by atoms with Crippen LogP contribution in [0.25, 0.3) is 0 Å². The van der Waals surface area contributed by atoms with E-state index in [1.54, 1.807) is 0 Å². The van der Waals surface area contributed by atoms with Crippen LogP contribution in [0.5, 0.6) is 0 Å². The molecule has 1 aromatic heterocycles. The lowest BCUT2D eigenvalue weighted by molar-refractivity contribution is 0.311. The minimum Gasteiger partial charge on any atom is -0.337 e. The molecule has 2 rings (SSSR count). The first kappa shape index (κ1) is 13.6. The average molecular weight is 249 g/mol. The Kier molecular flexibility index (Phi) is 4.81. The second-order valence-corrected chi connectivity index (χ2v) is 5.83. The lowest BCUT2D eigenvalue weighted by Gasteiger charge is -2.27. The summed E-state index contributed by atoms with van der Waals surface area (Å²) in [6.45, 7) is 4.56. The standard InChI is InChI=1S/C15H27N3/c1-12(14-8-6-4-5-7-9-14)17-13(2)15-16-10-11-18(15)3/h10-14,17H,4-9H2,1-3H3/t12-,13?/m0/s1. The third-order valence-electron chi connectivity index (χ3n) is 4.37. The van der Waals surface area contributed by atoms with Crippen molar-refractivity contribution in [2.45, 2.75) is 64.5 Å². The first-order chi connectivity index (χ1) is 8.68. The highest BCUT2D eigenvalue weighted by molar-refractivity contribution is 4.98. The predicted molar refractivity (Wildman–Crippen MR) is 75.4 cm³/mol. The zero-order valence-electron chi connectivity index (χ0n) is 12.0. The van der Waals surface area contributed by atoms with Crippen LogP contribution in [0.3, 0.4) is 0 Å². The van der Waals surface area contributed by atoms with E-state index in [1.807, 2.05) is 12.4 Å². The molecular formula is C15H27N3. The summed E-state index contributed by atoms with van der Waals surface area (Å²) in [6, 6.07) is 0.929. The molecule has 1 unspecified atom stereocenters. The van der Waals surface area contributed by atoms with Gasteiger partial charge in [-0.3, -0.25) is 0 Å². The van der Waals surface area contributed by atoms with E-state index < -0.39 is 0 Å². The third-order valence-corrected chi connectivity index (χ3v) is 4.37. The van der Waals surface area contributed by atoms with Crippen molar-refractivity contribution in [1.82, 2.24) is 14.9 Å². The molecule has 3 nitrogen and oxygen atoms in total. The summed E-state index contributed by atoms with van der Waals surface area (Å²) in [4.78, 5) is 4.43. The van der Waals surface area contributed by atoms with Gasteiger partial charge in [0.1, 0.15) is 5.82 Å². The van der Waals surface area contributed by atoms with Gasteiger partial charge in [-0.1, -0.05) is 25.7 Å². The summed E-state index contributed by atoms with van der Waals surface area (Å²) in [5.74, 6) is 1.98. The summed E-state index contributed by atoms with van der Waals surface area (Å²) in [5.41, 5.74) is 0. The Labute approximate surface area is 111 Å². The minimum absolute atomic E-state index is 0.336. The highest BCUT2D eigenvalue weighted by atomic mass is 15.1. The molecule has 1 aliphatic carbocycles. The van der Waals surface area contributed by atoms with Gasteiger partial charge in [0.2, 0.25) is 0 Å². The summed E-state index contributed by atoms with van der Waals surface area (Å²) in [5, 5.41) is 3.74. The van der Waals surface area contributed by atoms with Crippen LogP contribution in [-0.4, -0.2) is 15.6 Å². The smallest absolute Gasteiger partial charge is 0.125 e. The van der Waals surface area contributed by atoms with Gasteiger partial charge in [-0.2, -0.15) is 0 Å². The molecule has 1 aromatic rings. The van der Waals surface area contributed by atoms with Gasteiger partial charge < -0.3 is 9.88 Å². The Morgan fingerprint density at radius 3 is 2.44 bits per heavy atom. The van der Waals surface area contributed by atoms with Gasteiger partial charge in [0.15, 0.2) is 0 Å². The Morgan fingerprint density at radius 2 is 1.89 bits per heavy atom. The molecule has 1 N–H and O–H groups in total. The molecule has 1 heterocycles. The Morgan fingerprint density at radius 1 is 1.22 bits per heavy atom. The van der Waals surface area contributed by atoms with Crippen LogP contribution in [0.2, 0.25) is 0 Å². The van der Waals surface area contributed by atoms with E-state index in [4.69, 9.17) is 0 Å². The maximum absolute atomic E-state index is 4.43. The number of nitrogens with zero attached hydrogens (tertiary/aromatic N) is 2. The van der Waals surface area contributed by atoms with Gasteiger partial charge in [-0.25, -0.2) is 4.98 Å². The molecule has 0 aromatic carbocycles. The van der Waals surface area contributed by atoms with Crippen LogP contribution in [0.1, 0.15) is 64.2 Å². The molecule has 0 saturated heterocycles. The van der Waals surface area contributed by atoms with Crippen LogP contribution >= 0.6 is 0 Å². The van der Waals surface area contributed by atoms with Gasteiger partial charge in [-0.15, -0.1) is 0 Å². The predicted octanol–water partition coefficient (Wildman–Crippen LogP) is 3.43. The SMILES string of the molecule is CC(N[C@@H](C)C1CCCCCC1)c1nccn1C. The topological polar surface area (TPSA) is 29.9 Å². The fourth-order valence-electron chi connectivity index (χ4n) is 3.21. The van der Waals surface area contributed by atoms with Gasteiger partial charge in [-0.05, 0) is 32.6 Å². The van der Waals surface area contributed by atoms with Crippen LogP contribution < -0.4 is 5.32 Å². The fraction of sp³-hybridized carbons (Fsp3) is 0.800. The summed E-state index contributed by atoms with van der Waals surface area (Å²) >= 11 is 0. The van der Waals surface area contributed by atoms with Crippen LogP contribution in [0, 0.1) is 5.92 Å². The molecule has 18 heavy (non-hydrogen) atoms. The van der Waals surface area contributed by atoms with Crippen molar-refractivity contribution in [3.05, 3.63) is 18.2 Å². The summed E-state index contributed by atoms with van der Waals surface area (Å²) in [6.07, 6.45) is 12.4. The van der Waals surface area contributed by atoms with Crippen molar-refractivity contribution in [2.24, 2.45) is 13.0 Å². The second kappa shape index (κ2) is 6.37. The average Bonchev–Trinajstić information content (AvgIpc) is 2.63. The van der Waals surface area contributed by atoms with Crippen LogP contribution in [0.15, 0.2) is 12.4 Å². The Bertz CT molecular complexity index is 350. The molecule has 0 bridgehead atoms. The van der Waals surface area contributed by atoms with E-state index in [0.29, 0.717) is 12.1 Å². The summed E-state index contributed by atoms with van der Waals surface area (Å²) < 4.78 is 2.11. The molecule has 0 spiro atoms. The van der Waals surface area contributed by atoms with Gasteiger partial charge >= 0.3 is 0 Å². The van der Waals surface area contributed by atoms with Crippen molar-refractivity contribution in [3.63, 3.8) is 0 Å². The van der Waals surface area contributed by atoms with E-state index >= 15 is 0 Å². The second-order valence-electron chi connectivity index (χ2n) is 5.83. The van der Waals surface area contributed by atoms with Crippen molar-refractivity contribution in [2.75, 3.05) is 0 Å². The number of hydrogen-bond acceptors (Lipinski definition) is 2. The summed E-state index contributed by atoms with van der Waals surface area (Å²) in [7, 11) is 2.07. The van der Waals surface area contributed by atoms with E-state index in [0.717, 1.165) is 11.7 Å². The number of imidazole rings is 1. The maximum Gasteiger partial charge on any atom is 0.125 e. The zero-order chi connectivity index (χ0) is 13.0. The molecule has 0 aliphatic heterocycles. The van der Waals surface area contributed by atoms with Gasteiger partial charge in [0.05, 0.1) is 6.04 Å². The fourth-order valence-corrected chi connectivity index (χ4v) is 3.21. The van der Waals surface area contributed by atoms with Crippen molar-refractivity contribution in [1.29, 1.82) is 0 Å². The largest absolute Gasteiger partial charge is 0.337 e. The Hall–Kier alpha value is -0.830. The first-order valence-electron chi connectivity index (χ1n) is 7.41. The van der Waals surface area contributed by atoms with E-state index in [1.165, 1.54) is 38.5 Å².